The summed E-state index contributed by atoms with van der Waals surface area (Å²) < 4.78 is 11.0. The minimum absolute atomic E-state index is 0.0111. The Bertz CT molecular complexity index is 1440. The van der Waals surface area contributed by atoms with Gasteiger partial charge in [-0.3, -0.25) is 14.6 Å². The fraction of sp³-hybridized carbons (Fsp3) is 0.417. The Morgan fingerprint density at radius 2 is 2.03 bits per heavy atom. The zero-order valence-corrected chi connectivity index (χ0v) is 20.4. The summed E-state index contributed by atoms with van der Waals surface area (Å²) in [6, 6.07) is 3.89. The Morgan fingerprint density at radius 3 is 2.71 bits per heavy atom. The van der Waals surface area contributed by atoms with Crippen LogP contribution in [0.5, 0.6) is 5.88 Å². The maximum Gasteiger partial charge on any atom is 0.341 e. The van der Waals surface area contributed by atoms with Crippen LogP contribution in [-0.4, -0.2) is 34.0 Å². The molecule has 1 spiro atoms. The molecule has 3 aliphatic rings. The van der Waals surface area contributed by atoms with Crippen molar-refractivity contribution < 1.29 is 19.1 Å². The highest BCUT2D eigenvalue weighted by Gasteiger charge is 2.66. The number of esters is 1. The number of benzene rings is 1. The van der Waals surface area contributed by atoms with E-state index in [4.69, 9.17) is 27.4 Å². The van der Waals surface area contributed by atoms with Crippen LogP contribution in [0.15, 0.2) is 28.4 Å². The average molecular weight is 483 g/mol. The van der Waals surface area contributed by atoms with Crippen LogP contribution in [0.1, 0.15) is 62.3 Å². The second-order valence-corrected chi connectivity index (χ2v) is 10.1. The maximum atomic E-state index is 14.6. The Hall–Kier alpha value is -3.40. The molecule has 2 aromatic rings. The van der Waals surface area contributed by atoms with Gasteiger partial charge in [-0.15, -0.1) is 0 Å². The Labute approximate surface area is 201 Å². The highest BCUT2D eigenvalue weighted by atomic mass is 32.1. The predicted molar refractivity (Wildman–Crippen MR) is 127 cm³/mol. The van der Waals surface area contributed by atoms with Gasteiger partial charge in [0.15, 0.2) is 4.77 Å². The second-order valence-electron chi connectivity index (χ2n) is 9.73. The first-order valence-electron chi connectivity index (χ1n) is 11.2. The summed E-state index contributed by atoms with van der Waals surface area (Å²) in [5.74, 6) is -1.49. The normalized spacial score (nSPS) is 24.1. The molecular formula is C24H26N4O5S. The first kappa shape index (κ1) is 22.4. The summed E-state index contributed by atoms with van der Waals surface area (Å²) in [4.78, 5) is 48.5. The number of hydrogen-bond donors (Lipinski definition) is 3. The minimum atomic E-state index is -1.85. The Balaban J connectivity index is 2.01. The van der Waals surface area contributed by atoms with Gasteiger partial charge in [-0.2, -0.15) is 0 Å². The smallest absolute Gasteiger partial charge is 0.341 e. The number of H-pyrrole nitrogens is 2. The van der Waals surface area contributed by atoms with Gasteiger partial charge in [0.1, 0.15) is 16.6 Å². The van der Waals surface area contributed by atoms with Gasteiger partial charge in [0.2, 0.25) is 17.7 Å². The van der Waals surface area contributed by atoms with E-state index >= 15 is 0 Å². The summed E-state index contributed by atoms with van der Waals surface area (Å²) in [5, 5.41) is 0. The highest BCUT2D eigenvalue weighted by molar-refractivity contribution is 7.71. The van der Waals surface area contributed by atoms with E-state index < -0.39 is 28.4 Å². The van der Waals surface area contributed by atoms with E-state index in [0.717, 1.165) is 11.1 Å². The number of aromatic nitrogens is 2. The zero-order chi connectivity index (χ0) is 24.7. The quantitative estimate of drug-likeness (QED) is 0.443. The van der Waals surface area contributed by atoms with Crippen LogP contribution >= 0.6 is 12.2 Å². The topological polar surface area (TPSA) is 131 Å². The van der Waals surface area contributed by atoms with Crippen molar-refractivity contribution in [3.63, 3.8) is 0 Å². The number of nitrogens with one attached hydrogen (secondary N) is 2. The third-order valence-electron chi connectivity index (χ3n) is 6.97. The summed E-state index contributed by atoms with van der Waals surface area (Å²) in [7, 11) is 0. The van der Waals surface area contributed by atoms with E-state index in [-0.39, 0.29) is 40.2 Å². The van der Waals surface area contributed by atoms with Gasteiger partial charge >= 0.3 is 5.97 Å². The number of anilines is 1. The molecule has 2 atom stereocenters. The molecule has 1 amide bonds. The largest absolute Gasteiger partial charge is 0.462 e. The number of aryl methyl sites for hydroxylation is 1. The van der Waals surface area contributed by atoms with Gasteiger partial charge in [-0.1, -0.05) is 24.6 Å². The van der Waals surface area contributed by atoms with Gasteiger partial charge in [-0.25, -0.2) is 4.79 Å². The fourth-order valence-electron chi connectivity index (χ4n) is 5.92. The molecule has 5 rings (SSSR count). The van der Waals surface area contributed by atoms with Crippen LogP contribution in [0.2, 0.25) is 0 Å². The predicted octanol–water partition coefficient (Wildman–Crippen LogP) is 2.79. The molecule has 0 bridgehead atoms. The van der Waals surface area contributed by atoms with Crippen molar-refractivity contribution in [3.8, 4) is 5.88 Å². The van der Waals surface area contributed by atoms with Crippen LogP contribution in [-0.2, 0) is 19.7 Å². The monoisotopic (exact) mass is 482 g/mol. The molecule has 34 heavy (non-hydrogen) atoms. The molecule has 10 heteroatoms. The van der Waals surface area contributed by atoms with Crippen LogP contribution in [0, 0.1) is 11.7 Å². The molecule has 3 aliphatic heterocycles. The molecule has 4 heterocycles. The number of rotatable bonds is 2. The van der Waals surface area contributed by atoms with Crippen LogP contribution in [0.25, 0.3) is 0 Å². The lowest BCUT2D eigenvalue weighted by atomic mass is 9.68. The SMILES string of the molecule is CCOC(=O)C1=C(N)Oc2[nH]c(=S)[nH]c(=O)c2C12C(=O)N1c3c(cc(C)cc32)C(C)CC1(C)C. The maximum absolute atomic E-state index is 14.6. The number of ether oxygens (including phenoxy) is 2. The van der Waals surface area contributed by atoms with Crippen LogP contribution < -0.4 is 20.9 Å². The molecule has 2 unspecified atom stereocenters. The number of fused-ring (bicyclic) bond motifs is 3. The van der Waals surface area contributed by atoms with E-state index in [0.29, 0.717) is 17.7 Å². The molecule has 1 aromatic heterocycles. The number of carbonyl (C=O) groups excluding carboxylic acids is 2. The van der Waals surface area contributed by atoms with Crippen molar-refractivity contribution in [1.29, 1.82) is 0 Å². The lowest BCUT2D eigenvalue weighted by molar-refractivity contribution is -0.141. The standard InChI is InChI=1S/C24H26N4O5S/c1-6-32-20(30)14-17(25)33-19-15(18(29)26-22(34)27-19)24(14)13-8-10(2)7-12-11(3)9-23(4,5)28(16(12)13)21(24)31/h7-8,11H,6,9,25H2,1-5H3,(H2,26,27,29,34). The van der Waals surface area contributed by atoms with Crippen LogP contribution in [0.4, 0.5) is 5.69 Å². The summed E-state index contributed by atoms with van der Waals surface area (Å²) in [6.45, 7) is 9.70. The first-order chi connectivity index (χ1) is 15.9. The van der Waals surface area contributed by atoms with E-state index in [1.54, 1.807) is 11.8 Å². The van der Waals surface area contributed by atoms with Gasteiger partial charge in [-0.05, 0) is 57.8 Å². The summed E-state index contributed by atoms with van der Waals surface area (Å²) in [5.41, 5.74) is 6.04. The number of hydrogen-bond acceptors (Lipinski definition) is 7. The number of nitrogens with two attached hydrogens (primary N) is 1. The molecule has 0 saturated heterocycles. The first-order valence-corrected chi connectivity index (χ1v) is 11.6. The van der Waals surface area contributed by atoms with Gasteiger partial charge in [0, 0.05) is 11.1 Å². The van der Waals surface area contributed by atoms with Crippen molar-refractivity contribution in [2.24, 2.45) is 5.73 Å². The minimum Gasteiger partial charge on any atom is -0.462 e. The van der Waals surface area contributed by atoms with Crippen molar-refractivity contribution in [2.45, 2.75) is 57.9 Å². The lowest BCUT2D eigenvalue weighted by Crippen LogP contribution is -2.56. The Kier molecular flexibility index (Phi) is 4.64. The van der Waals surface area contributed by atoms with Crippen molar-refractivity contribution in [1.82, 2.24) is 9.97 Å². The van der Waals surface area contributed by atoms with Crippen molar-refractivity contribution in [3.05, 3.63) is 61.0 Å². The van der Waals surface area contributed by atoms with Gasteiger partial charge in [0.25, 0.3) is 5.56 Å². The lowest BCUT2D eigenvalue weighted by Gasteiger charge is -2.44. The molecule has 1 aromatic carbocycles. The second kappa shape index (κ2) is 7.05. The molecular weight excluding hydrogens is 456 g/mol. The van der Waals surface area contributed by atoms with Gasteiger partial charge in [0.05, 0.1) is 12.3 Å². The molecule has 0 saturated carbocycles. The molecule has 4 N–H and O–H groups in total. The molecule has 0 aliphatic carbocycles. The van der Waals surface area contributed by atoms with E-state index in [9.17, 15) is 14.4 Å². The average Bonchev–Trinajstić information content (AvgIpc) is 2.95. The molecule has 0 fully saturated rings. The van der Waals surface area contributed by atoms with Crippen LogP contribution in [0.3, 0.4) is 0 Å². The molecule has 9 nitrogen and oxygen atoms in total. The highest BCUT2D eigenvalue weighted by Crippen LogP contribution is 2.60. The van der Waals surface area contributed by atoms with Gasteiger partial charge < -0.3 is 25.1 Å². The number of nitrogens with zero attached hydrogens (tertiary/aromatic N) is 1. The number of amides is 1. The van der Waals surface area contributed by atoms with Crippen molar-refractivity contribution >= 4 is 29.8 Å². The summed E-state index contributed by atoms with van der Waals surface area (Å²) >= 11 is 5.13. The Morgan fingerprint density at radius 1 is 1.32 bits per heavy atom. The van der Waals surface area contributed by atoms with Crippen molar-refractivity contribution in [2.75, 3.05) is 11.5 Å². The molecule has 178 valence electrons. The fourth-order valence-corrected chi connectivity index (χ4v) is 6.11. The van der Waals surface area contributed by atoms with E-state index in [2.05, 4.69) is 23.0 Å². The molecule has 0 radical (unpaired) electrons. The third-order valence-corrected chi connectivity index (χ3v) is 7.18. The van der Waals surface area contributed by atoms with E-state index in [1.807, 2.05) is 26.8 Å². The van der Waals surface area contributed by atoms with E-state index in [1.165, 1.54) is 0 Å². The zero-order valence-electron chi connectivity index (χ0n) is 19.6. The summed E-state index contributed by atoms with van der Waals surface area (Å²) in [6.07, 6.45) is 0.704. The number of carbonyl (C=O) groups is 2. The number of aromatic amines is 2. The third kappa shape index (κ3) is 2.65.